The highest BCUT2D eigenvalue weighted by atomic mass is 32.2. The van der Waals surface area contributed by atoms with E-state index in [1.165, 1.54) is 23.0 Å². The Hall–Kier alpha value is -2.20. The van der Waals surface area contributed by atoms with Crippen LogP contribution in [0, 0.1) is 6.92 Å². The van der Waals surface area contributed by atoms with Crippen molar-refractivity contribution in [3.63, 3.8) is 0 Å². The Balaban J connectivity index is 1.73. The van der Waals surface area contributed by atoms with Crippen LogP contribution in [0.2, 0.25) is 0 Å². The van der Waals surface area contributed by atoms with Gasteiger partial charge in [0.1, 0.15) is 11.3 Å². The highest BCUT2D eigenvalue weighted by Crippen LogP contribution is 2.17. The van der Waals surface area contributed by atoms with Gasteiger partial charge in [0, 0.05) is 39.4 Å². The van der Waals surface area contributed by atoms with Crippen molar-refractivity contribution in [3.05, 3.63) is 30.0 Å². The molecular formula is C14H19N5O4S. The third kappa shape index (κ3) is 3.06. The fraction of sp³-hybridized carbons (Fsp3) is 0.500. The molecule has 0 unspecified atom stereocenters. The van der Waals surface area contributed by atoms with Crippen LogP contribution in [0.15, 0.2) is 28.3 Å². The number of aromatic nitrogens is 3. The van der Waals surface area contributed by atoms with E-state index in [9.17, 15) is 13.2 Å². The predicted molar refractivity (Wildman–Crippen MR) is 83.7 cm³/mol. The van der Waals surface area contributed by atoms with Gasteiger partial charge in [-0.2, -0.15) is 4.31 Å². The van der Waals surface area contributed by atoms with Crippen molar-refractivity contribution < 1.29 is 17.7 Å². The number of nitrogens with zero attached hydrogens (tertiary/aromatic N) is 5. The third-order valence-corrected chi connectivity index (χ3v) is 5.79. The van der Waals surface area contributed by atoms with Crippen LogP contribution < -0.4 is 0 Å². The Bertz CT molecular complexity index is 841. The van der Waals surface area contributed by atoms with Gasteiger partial charge in [0.2, 0.25) is 0 Å². The minimum Gasteiger partial charge on any atom is -0.361 e. The normalized spacial score (nSPS) is 17.0. The lowest BCUT2D eigenvalue weighted by Crippen LogP contribution is -2.37. The monoisotopic (exact) mass is 353 g/mol. The van der Waals surface area contributed by atoms with E-state index in [-0.39, 0.29) is 17.5 Å². The van der Waals surface area contributed by atoms with Gasteiger partial charge in [-0.15, -0.1) is 0 Å². The van der Waals surface area contributed by atoms with E-state index in [0.29, 0.717) is 37.4 Å². The molecule has 0 aliphatic carbocycles. The van der Waals surface area contributed by atoms with Crippen LogP contribution in [-0.2, 0) is 17.1 Å². The number of amides is 1. The Labute approximate surface area is 139 Å². The first-order valence-electron chi connectivity index (χ1n) is 7.58. The van der Waals surface area contributed by atoms with Gasteiger partial charge in [0.15, 0.2) is 5.03 Å². The topological polar surface area (TPSA) is 102 Å². The van der Waals surface area contributed by atoms with E-state index in [4.69, 9.17) is 4.52 Å². The maximum atomic E-state index is 12.6. The molecule has 1 aliphatic heterocycles. The van der Waals surface area contributed by atoms with Gasteiger partial charge < -0.3 is 14.0 Å². The van der Waals surface area contributed by atoms with Crippen molar-refractivity contribution in [2.45, 2.75) is 18.4 Å². The van der Waals surface area contributed by atoms with E-state index >= 15 is 0 Å². The highest BCUT2D eigenvalue weighted by molar-refractivity contribution is 7.89. The van der Waals surface area contributed by atoms with Crippen molar-refractivity contribution in [1.29, 1.82) is 0 Å². The van der Waals surface area contributed by atoms with Crippen LogP contribution in [0.5, 0.6) is 0 Å². The van der Waals surface area contributed by atoms with Gasteiger partial charge >= 0.3 is 0 Å². The number of sulfonamides is 1. The molecule has 0 aromatic carbocycles. The fourth-order valence-electron chi connectivity index (χ4n) is 2.67. The van der Waals surface area contributed by atoms with Gasteiger partial charge in [-0.25, -0.2) is 13.4 Å². The Morgan fingerprint density at radius 2 is 2.04 bits per heavy atom. The number of carbonyl (C=O) groups is 1. The molecule has 0 saturated carbocycles. The number of hydrogen-bond donors (Lipinski definition) is 0. The van der Waals surface area contributed by atoms with Crippen LogP contribution in [-0.4, -0.2) is 64.4 Å². The number of aryl methyl sites for hydroxylation is 2. The summed E-state index contributed by atoms with van der Waals surface area (Å²) in [6.07, 6.45) is 4.88. The van der Waals surface area contributed by atoms with Gasteiger partial charge in [-0.1, -0.05) is 5.16 Å². The number of imidazole rings is 1. The Morgan fingerprint density at radius 1 is 1.25 bits per heavy atom. The van der Waals surface area contributed by atoms with Crippen LogP contribution in [0.4, 0.5) is 0 Å². The average Bonchev–Trinajstić information content (AvgIpc) is 3.07. The molecule has 10 heteroatoms. The van der Waals surface area contributed by atoms with Gasteiger partial charge in [0.05, 0.1) is 12.5 Å². The van der Waals surface area contributed by atoms with Crippen molar-refractivity contribution in [2.24, 2.45) is 7.05 Å². The second-order valence-corrected chi connectivity index (χ2v) is 7.61. The van der Waals surface area contributed by atoms with Gasteiger partial charge in [-0.05, 0) is 13.3 Å². The zero-order valence-corrected chi connectivity index (χ0v) is 14.4. The lowest BCUT2D eigenvalue weighted by Gasteiger charge is -2.21. The minimum atomic E-state index is -3.64. The molecule has 3 rings (SSSR count). The maximum absolute atomic E-state index is 12.6. The number of hydrogen-bond acceptors (Lipinski definition) is 6. The van der Waals surface area contributed by atoms with E-state index in [1.54, 1.807) is 23.4 Å². The molecule has 9 nitrogen and oxygen atoms in total. The summed E-state index contributed by atoms with van der Waals surface area (Å²) in [6, 6.07) is 0. The summed E-state index contributed by atoms with van der Waals surface area (Å²) < 4.78 is 33.2. The molecule has 0 spiro atoms. The molecule has 24 heavy (non-hydrogen) atoms. The number of rotatable bonds is 3. The Morgan fingerprint density at radius 3 is 2.67 bits per heavy atom. The first-order chi connectivity index (χ1) is 11.4. The van der Waals surface area contributed by atoms with Crippen molar-refractivity contribution in [1.82, 2.24) is 23.9 Å². The van der Waals surface area contributed by atoms with E-state index in [2.05, 4.69) is 10.1 Å². The maximum Gasteiger partial charge on any atom is 0.262 e. The smallest absolute Gasteiger partial charge is 0.262 e. The van der Waals surface area contributed by atoms with E-state index in [1.807, 2.05) is 0 Å². The Kier molecular flexibility index (Phi) is 4.41. The highest BCUT2D eigenvalue weighted by Gasteiger charge is 2.30. The van der Waals surface area contributed by atoms with Crippen molar-refractivity contribution in [2.75, 3.05) is 26.2 Å². The second kappa shape index (κ2) is 6.36. The zero-order valence-electron chi connectivity index (χ0n) is 13.5. The molecule has 3 heterocycles. The molecule has 1 fully saturated rings. The number of carbonyl (C=O) groups excluding carboxylic acids is 1. The first kappa shape index (κ1) is 16.7. The zero-order chi connectivity index (χ0) is 17.3. The molecule has 1 aliphatic rings. The average molecular weight is 353 g/mol. The van der Waals surface area contributed by atoms with E-state index in [0.717, 1.165) is 0 Å². The molecule has 2 aromatic heterocycles. The molecular weight excluding hydrogens is 334 g/mol. The third-order valence-electron chi connectivity index (χ3n) is 4.01. The predicted octanol–water partition coefficient (Wildman–Crippen LogP) is 0.253. The van der Waals surface area contributed by atoms with Crippen molar-refractivity contribution in [3.8, 4) is 0 Å². The summed E-state index contributed by atoms with van der Waals surface area (Å²) in [6.45, 7) is 3.06. The van der Waals surface area contributed by atoms with Gasteiger partial charge in [-0.3, -0.25) is 4.79 Å². The summed E-state index contributed by atoms with van der Waals surface area (Å²) in [5, 5.41) is 3.65. The SMILES string of the molecule is Cc1oncc1C(=O)N1CCCN(S(=O)(=O)c2cn(C)cn2)CC1. The molecule has 1 saturated heterocycles. The lowest BCUT2D eigenvalue weighted by molar-refractivity contribution is 0.0762. The molecule has 1 amide bonds. The first-order valence-corrected chi connectivity index (χ1v) is 9.02. The summed E-state index contributed by atoms with van der Waals surface area (Å²) in [7, 11) is -1.92. The summed E-state index contributed by atoms with van der Waals surface area (Å²) in [5.74, 6) is 0.271. The quantitative estimate of drug-likeness (QED) is 0.784. The van der Waals surface area contributed by atoms with Crippen LogP contribution >= 0.6 is 0 Å². The second-order valence-electron chi connectivity index (χ2n) is 5.72. The molecule has 0 atom stereocenters. The molecule has 0 N–H and O–H groups in total. The lowest BCUT2D eigenvalue weighted by atomic mass is 10.2. The molecule has 0 bridgehead atoms. The molecule has 0 radical (unpaired) electrons. The minimum absolute atomic E-state index is 0.0275. The molecule has 2 aromatic rings. The summed E-state index contributed by atoms with van der Waals surface area (Å²) in [5.41, 5.74) is 0.413. The standard InChI is InChI=1S/C14H19N5O4S/c1-11-12(8-16-23-11)14(20)18-4-3-5-19(7-6-18)24(21,22)13-9-17(2)10-15-13/h8-10H,3-7H2,1-2H3. The van der Waals surface area contributed by atoms with Crippen molar-refractivity contribution >= 4 is 15.9 Å². The van der Waals surface area contributed by atoms with Gasteiger partial charge in [0.25, 0.3) is 15.9 Å². The molecule has 130 valence electrons. The fourth-order valence-corrected chi connectivity index (χ4v) is 4.10. The van der Waals surface area contributed by atoms with E-state index < -0.39 is 10.0 Å². The van der Waals surface area contributed by atoms with Crippen LogP contribution in [0.3, 0.4) is 0 Å². The van der Waals surface area contributed by atoms with Crippen LogP contribution in [0.25, 0.3) is 0 Å². The largest absolute Gasteiger partial charge is 0.361 e. The summed E-state index contributed by atoms with van der Waals surface area (Å²) >= 11 is 0. The van der Waals surface area contributed by atoms with Crippen LogP contribution in [0.1, 0.15) is 22.5 Å². The summed E-state index contributed by atoms with van der Waals surface area (Å²) in [4.78, 5) is 18.1.